The predicted molar refractivity (Wildman–Crippen MR) is 57.6 cm³/mol. The highest BCUT2D eigenvalue weighted by Gasteiger charge is 2.33. The molecule has 0 fully saturated rings. The Kier molecular flexibility index (Phi) is 4.86. The summed E-state index contributed by atoms with van der Waals surface area (Å²) in [6, 6.07) is 0. The molecule has 1 rings (SSSR count). The molecule has 0 N–H and O–H groups in total. The second-order valence-electron chi connectivity index (χ2n) is 3.30. The Morgan fingerprint density at radius 2 is 2.00 bits per heavy atom. The molecular weight excluding hydrogens is 199 g/mol. The average Bonchev–Trinajstić information content (AvgIpc) is 2.20. The molecule has 0 spiro atoms. The highest BCUT2D eigenvalue weighted by molar-refractivity contribution is 7.54. The Morgan fingerprint density at radius 1 is 1.36 bits per heavy atom. The van der Waals surface area contributed by atoms with E-state index in [1.807, 2.05) is 19.9 Å². The molecule has 3 nitrogen and oxygen atoms in total. The van der Waals surface area contributed by atoms with Crippen molar-refractivity contribution in [3.8, 4) is 0 Å². The van der Waals surface area contributed by atoms with E-state index < -0.39 is 7.60 Å². The van der Waals surface area contributed by atoms with E-state index in [1.165, 1.54) is 0 Å². The van der Waals surface area contributed by atoms with Crippen LogP contribution in [0.15, 0.2) is 12.2 Å². The van der Waals surface area contributed by atoms with Crippen LogP contribution in [0.5, 0.6) is 0 Å². The third-order valence-corrected chi connectivity index (χ3v) is 4.73. The molecule has 0 aromatic heterocycles. The summed E-state index contributed by atoms with van der Waals surface area (Å²) in [6.07, 6.45) is 7.11. The van der Waals surface area contributed by atoms with Gasteiger partial charge in [0.2, 0.25) is 0 Å². The summed E-state index contributed by atoms with van der Waals surface area (Å²) < 4.78 is 22.9. The Bertz CT molecular complexity index is 228. The van der Waals surface area contributed by atoms with E-state index in [0.29, 0.717) is 13.2 Å². The standard InChI is InChI=1S/C10H19O3P/c1-3-12-14(11,13-4-2)10-8-6-5-7-9-10/h6,8,10H,3-5,7,9H2,1-2H3. The van der Waals surface area contributed by atoms with Gasteiger partial charge in [0.25, 0.3) is 0 Å². The summed E-state index contributed by atoms with van der Waals surface area (Å²) in [5.74, 6) is 0. The van der Waals surface area contributed by atoms with Gasteiger partial charge in [0.05, 0.1) is 18.9 Å². The summed E-state index contributed by atoms with van der Waals surface area (Å²) in [7, 11) is -2.88. The molecule has 0 aliphatic heterocycles. The first kappa shape index (κ1) is 12.0. The smallest absolute Gasteiger partial charge is 0.308 e. The minimum atomic E-state index is -2.88. The van der Waals surface area contributed by atoms with Gasteiger partial charge < -0.3 is 9.05 Å². The lowest BCUT2D eigenvalue weighted by Crippen LogP contribution is -2.13. The topological polar surface area (TPSA) is 35.5 Å². The van der Waals surface area contributed by atoms with E-state index in [0.717, 1.165) is 19.3 Å². The second-order valence-corrected chi connectivity index (χ2v) is 5.56. The van der Waals surface area contributed by atoms with Crippen molar-refractivity contribution in [1.29, 1.82) is 0 Å². The van der Waals surface area contributed by atoms with Crippen LogP contribution in [0, 0.1) is 0 Å². The van der Waals surface area contributed by atoms with Crippen LogP contribution in [-0.4, -0.2) is 18.9 Å². The summed E-state index contributed by atoms with van der Waals surface area (Å²) in [4.78, 5) is 0. The van der Waals surface area contributed by atoms with E-state index in [2.05, 4.69) is 6.08 Å². The molecule has 0 aromatic rings. The minimum absolute atomic E-state index is 0.0313. The molecule has 0 heterocycles. The maximum Gasteiger partial charge on any atom is 0.337 e. The lowest BCUT2D eigenvalue weighted by Gasteiger charge is -2.25. The number of rotatable bonds is 5. The molecule has 1 aliphatic carbocycles. The Balaban J connectivity index is 2.69. The van der Waals surface area contributed by atoms with Crippen LogP contribution in [0.25, 0.3) is 0 Å². The van der Waals surface area contributed by atoms with Crippen molar-refractivity contribution in [1.82, 2.24) is 0 Å². The van der Waals surface area contributed by atoms with E-state index in [1.54, 1.807) is 0 Å². The van der Waals surface area contributed by atoms with Crippen LogP contribution in [0.1, 0.15) is 33.1 Å². The van der Waals surface area contributed by atoms with Crippen LogP contribution in [0.3, 0.4) is 0 Å². The molecule has 0 bridgehead atoms. The number of hydrogen-bond acceptors (Lipinski definition) is 3. The first-order chi connectivity index (χ1) is 6.73. The SMILES string of the molecule is CCOP(=O)(OCC)C1C=CCCC1. The van der Waals surface area contributed by atoms with Gasteiger partial charge in [-0.2, -0.15) is 0 Å². The summed E-state index contributed by atoms with van der Waals surface area (Å²) >= 11 is 0. The lowest BCUT2D eigenvalue weighted by atomic mass is 10.1. The van der Waals surface area contributed by atoms with Crippen LogP contribution in [-0.2, 0) is 13.6 Å². The van der Waals surface area contributed by atoms with Gasteiger partial charge in [0.1, 0.15) is 0 Å². The molecule has 1 unspecified atom stereocenters. The normalized spacial score (nSPS) is 22.6. The zero-order valence-electron chi connectivity index (χ0n) is 8.94. The van der Waals surface area contributed by atoms with Gasteiger partial charge in [-0.25, -0.2) is 0 Å². The lowest BCUT2D eigenvalue weighted by molar-refractivity contribution is 0.214. The molecule has 0 saturated heterocycles. The van der Waals surface area contributed by atoms with Crippen molar-refractivity contribution >= 4 is 7.60 Å². The summed E-state index contributed by atoms with van der Waals surface area (Å²) in [5.41, 5.74) is -0.0313. The van der Waals surface area contributed by atoms with Crippen LogP contribution in [0.2, 0.25) is 0 Å². The number of allylic oxidation sites excluding steroid dienone is 2. The highest BCUT2D eigenvalue weighted by Crippen LogP contribution is 2.55. The predicted octanol–water partition coefficient (Wildman–Crippen LogP) is 3.36. The van der Waals surface area contributed by atoms with Crippen molar-refractivity contribution in [3.05, 3.63) is 12.2 Å². The zero-order valence-corrected chi connectivity index (χ0v) is 9.83. The van der Waals surface area contributed by atoms with Gasteiger partial charge >= 0.3 is 7.60 Å². The summed E-state index contributed by atoms with van der Waals surface area (Å²) in [5, 5.41) is 0. The van der Waals surface area contributed by atoms with Crippen molar-refractivity contribution in [2.45, 2.75) is 38.8 Å². The van der Waals surface area contributed by atoms with Gasteiger partial charge in [-0.15, -0.1) is 0 Å². The first-order valence-corrected chi connectivity index (χ1v) is 6.89. The van der Waals surface area contributed by atoms with Gasteiger partial charge in [-0.05, 0) is 33.1 Å². The van der Waals surface area contributed by atoms with Crippen LogP contribution in [0.4, 0.5) is 0 Å². The third kappa shape index (κ3) is 2.94. The average molecular weight is 218 g/mol. The Hall–Kier alpha value is -0.110. The molecule has 0 amide bonds. The van der Waals surface area contributed by atoms with E-state index >= 15 is 0 Å². The van der Waals surface area contributed by atoms with E-state index in [9.17, 15) is 4.57 Å². The van der Waals surface area contributed by atoms with Gasteiger partial charge in [0.15, 0.2) is 0 Å². The molecule has 14 heavy (non-hydrogen) atoms. The molecule has 4 heteroatoms. The van der Waals surface area contributed by atoms with Gasteiger partial charge in [-0.1, -0.05) is 12.2 Å². The molecule has 0 saturated carbocycles. The molecular formula is C10H19O3P. The molecule has 1 aliphatic rings. The Morgan fingerprint density at radius 3 is 2.43 bits per heavy atom. The van der Waals surface area contributed by atoms with E-state index in [-0.39, 0.29) is 5.66 Å². The zero-order chi connectivity index (χ0) is 10.4. The molecule has 82 valence electrons. The maximum atomic E-state index is 12.3. The largest absolute Gasteiger partial charge is 0.337 e. The number of hydrogen-bond donors (Lipinski definition) is 0. The van der Waals surface area contributed by atoms with Crippen molar-refractivity contribution in [3.63, 3.8) is 0 Å². The Labute approximate surface area is 86.0 Å². The maximum absolute atomic E-state index is 12.3. The van der Waals surface area contributed by atoms with E-state index in [4.69, 9.17) is 9.05 Å². The third-order valence-electron chi connectivity index (χ3n) is 2.25. The van der Waals surface area contributed by atoms with Gasteiger partial charge in [0, 0.05) is 0 Å². The van der Waals surface area contributed by atoms with Gasteiger partial charge in [-0.3, -0.25) is 4.57 Å². The van der Waals surface area contributed by atoms with Crippen molar-refractivity contribution < 1.29 is 13.6 Å². The van der Waals surface area contributed by atoms with Crippen molar-refractivity contribution in [2.24, 2.45) is 0 Å². The monoisotopic (exact) mass is 218 g/mol. The van der Waals surface area contributed by atoms with Crippen LogP contribution >= 0.6 is 7.60 Å². The fourth-order valence-corrected chi connectivity index (χ4v) is 3.66. The second kappa shape index (κ2) is 5.69. The fourth-order valence-electron chi connectivity index (χ4n) is 1.65. The van der Waals surface area contributed by atoms with Crippen LogP contribution < -0.4 is 0 Å². The first-order valence-electron chi connectivity index (χ1n) is 5.28. The molecule has 0 aromatic carbocycles. The highest BCUT2D eigenvalue weighted by atomic mass is 31.2. The summed E-state index contributed by atoms with van der Waals surface area (Å²) in [6.45, 7) is 4.58. The molecule has 1 atom stereocenters. The molecule has 0 radical (unpaired) electrons. The quantitative estimate of drug-likeness (QED) is 0.524. The minimum Gasteiger partial charge on any atom is -0.308 e. The van der Waals surface area contributed by atoms with Crippen molar-refractivity contribution in [2.75, 3.05) is 13.2 Å². The fraction of sp³-hybridized carbons (Fsp3) is 0.800.